The SMILES string of the molecule is CC(=O)c1cc(C)cc(Br)c1I. The zero-order chi connectivity index (χ0) is 9.30. The monoisotopic (exact) mass is 338 g/mol. The van der Waals surface area contributed by atoms with Crippen LogP contribution in [0.15, 0.2) is 16.6 Å². The van der Waals surface area contributed by atoms with E-state index in [-0.39, 0.29) is 5.78 Å². The molecule has 0 heterocycles. The molecule has 0 aliphatic rings. The fourth-order valence-corrected chi connectivity index (χ4v) is 2.25. The standard InChI is InChI=1S/C9H8BrIO/c1-5-3-7(6(2)12)9(11)8(10)4-5/h3-4H,1-2H3. The number of halogens is 2. The molecular weight excluding hydrogens is 331 g/mol. The average molecular weight is 339 g/mol. The van der Waals surface area contributed by atoms with Gasteiger partial charge in [0.15, 0.2) is 5.78 Å². The van der Waals surface area contributed by atoms with Crippen molar-refractivity contribution in [3.05, 3.63) is 31.3 Å². The summed E-state index contributed by atoms with van der Waals surface area (Å²) in [6.07, 6.45) is 0. The molecule has 0 unspecified atom stereocenters. The van der Waals surface area contributed by atoms with Crippen molar-refractivity contribution >= 4 is 44.3 Å². The Morgan fingerprint density at radius 1 is 1.50 bits per heavy atom. The van der Waals surface area contributed by atoms with E-state index >= 15 is 0 Å². The van der Waals surface area contributed by atoms with Gasteiger partial charge < -0.3 is 0 Å². The molecule has 0 aliphatic carbocycles. The molecule has 1 aromatic rings. The van der Waals surface area contributed by atoms with Gasteiger partial charge in [0.1, 0.15) is 0 Å². The molecule has 1 nitrogen and oxygen atoms in total. The van der Waals surface area contributed by atoms with Crippen molar-refractivity contribution in [2.24, 2.45) is 0 Å². The highest BCUT2D eigenvalue weighted by atomic mass is 127. The molecule has 0 saturated carbocycles. The first-order valence-corrected chi connectivity index (χ1v) is 5.36. The molecule has 0 bridgehead atoms. The van der Waals surface area contributed by atoms with Crippen LogP contribution in [0.1, 0.15) is 22.8 Å². The molecule has 0 spiro atoms. The summed E-state index contributed by atoms with van der Waals surface area (Å²) >= 11 is 5.57. The van der Waals surface area contributed by atoms with Crippen LogP contribution >= 0.6 is 38.5 Å². The molecule has 12 heavy (non-hydrogen) atoms. The van der Waals surface area contributed by atoms with Gasteiger partial charge in [0.05, 0.1) is 0 Å². The lowest BCUT2D eigenvalue weighted by Crippen LogP contribution is -1.97. The van der Waals surface area contributed by atoms with Gasteiger partial charge in [-0.2, -0.15) is 0 Å². The first-order chi connectivity index (χ1) is 5.52. The molecule has 1 aromatic carbocycles. The van der Waals surface area contributed by atoms with Crippen LogP contribution in [0.5, 0.6) is 0 Å². The topological polar surface area (TPSA) is 17.1 Å². The highest BCUT2D eigenvalue weighted by Crippen LogP contribution is 2.24. The number of rotatable bonds is 1. The van der Waals surface area contributed by atoms with E-state index in [0.29, 0.717) is 0 Å². The summed E-state index contributed by atoms with van der Waals surface area (Å²) in [6, 6.07) is 3.92. The zero-order valence-electron chi connectivity index (χ0n) is 6.82. The molecule has 0 atom stereocenters. The number of hydrogen-bond donors (Lipinski definition) is 0. The van der Waals surface area contributed by atoms with Gasteiger partial charge in [-0.05, 0) is 70.1 Å². The quantitative estimate of drug-likeness (QED) is 0.565. The van der Waals surface area contributed by atoms with Crippen molar-refractivity contribution in [3.8, 4) is 0 Å². The summed E-state index contributed by atoms with van der Waals surface area (Å²) in [5.41, 5.74) is 1.90. The Bertz CT molecular complexity index is 334. The van der Waals surface area contributed by atoms with Crippen LogP contribution in [-0.4, -0.2) is 5.78 Å². The summed E-state index contributed by atoms with van der Waals surface area (Å²) < 4.78 is 1.99. The fraction of sp³-hybridized carbons (Fsp3) is 0.222. The minimum Gasteiger partial charge on any atom is -0.294 e. The molecule has 1 rings (SSSR count). The minimum absolute atomic E-state index is 0.115. The van der Waals surface area contributed by atoms with Crippen molar-refractivity contribution in [3.63, 3.8) is 0 Å². The van der Waals surface area contributed by atoms with E-state index in [0.717, 1.165) is 19.2 Å². The van der Waals surface area contributed by atoms with Gasteiger partial charge in [0, 0.05) is 13.6 Å². The zero-order valence-corrected chi connectivity index (χ0v) is 10.6. The van der Waals surface area contributed by atoms with E-state index in [2.05, 4.69) is 38.5 Å². The number of carbonyl (C=O) groups excluding carboxylic acids is 1. The summed E-state index contributed by atoms with van der Waals surface area (Å²) in [5, 5.41) is 0. The molecule has 0 radical (unpaired) electrons. The Morgan fingerprint density at radius 2 is 2.08 bits per heavy atom. The van der Waals surface area contributed by atoms with E-state index in [1.807, 2.05) is 19.1 Å². The van der Waals surface area contributed by atoms with Gasteiger partial charge in [0.25, 0.3) is 0 Å². The van der Waals surface area contributed by atoms with Crippen molar-refractivity contribution in [1.82, 2.24) is 0 Å². The van der Waals surface area contributed by atoms with Crippen molar-refractivity contribution in [1.29, 1.82) is 0 Å². The van der Waals surface area contributed by atoms with Crippen molar-refractivity contribution in [2.75, 3.05) is 0 Å². The average Bonchev–Trinajstić information content (AvgIpc) is 1.96. The molecule has 3 heteroatoms. The Balaban J connectivity index is 3.37. The Morgan fingerprint density at radius 3 is 2.58 bits per heavy atom. The van der Waals surface area contributed by atoms with Gasteiger partial charge >= 0.3 is 0 Å². The van der Waals surface area contributed by atoms with Crippen LogP contribution in [0.25, 0.3) is 0 Å². The molecule has 0 fully saturated rings. The lowest BCUT2D eigenvalue weighted by atomic mass is 10.1. The van der Waals surface area contributed by atoms with Crippen molar-refractivity contribution in [2.45, 2.75) is 13.8 Å². The second-order valence-electron chi connectivity index (χ2n) is 2.66. The van der Waals surface area contributed by atoms with Gasteiger partial charge in [0.2, 0.25) is 0 Å². The van der Waals surface area contributed by atoms with Crippen molar-refractivity contribution < 1.29 is 4.79 Å². The summed E-state index contributed by atoms with van der Waals surface area (Å²) in [6.45, 7) is 3.57. The normalized spacial score (nSPS) is 10.0. The summed E-state index contributed by atoms with van der Waals surface area (Å²) in [4.78, 5) is 11.1. The lowest BCUT2D eigenvalue weighted by molar-refractivity contribution is 0.101. The van der Waals surface area contributed by atoms with E-state index in [9.17, 15) is 4.79 Å². The Labute approximate surface area is 93.8 Å². The third kappa shape index (κ3) is 2.07. The second kappa shape index (κ2) is 3.87. The number of carbonyl (C=O) groups is 1. The minimum atomic E-state index is 0.115. The van der Waals surface area contributed by atoms with Crippen LogP contribution in [0.3, 0.4) is 0 Å². The van der Waals surface area contributed by atoms with Crippen LogP contribution < -0.4 is 0 Å². The van der Waals surface area contributed by atoms with E-state index in [4.69, 9.17) is 0 Å². The number of hydrogen-bond acceptors (Lipinski definition) is 1. The Hall–Kier alpha value is 0.1000. The molecular formula is C9H8BrIO. The number of Topliss-reactive ketones (excluding diaryl/α,β-unsaturated/α-hetero) is 1. The van der Waals surface area contributed by atoms with Crippen LogP contribution in [0.4, 0.5) is 0 Å². The maximum absolute atomic E-state index is 11.1. The summed E-state index contributed by atoms with van der Waals surface area (Å²) in [7, 11) is 0. The highest BCUT2D eigenvalue weighted by Gasteiger charge is 2.08. The van der Waals surface area contributed by atoms with Gasteiger partial charge in [-0.1, -0.05) is 0 Å². The maximum Gasteiger partial charge on any atom is 0.160 e. The predicted octanol–water partition coefficient (Wildman–Crippen LogP) is 3.56. The van der Waals surface area contributed by atoms with E-state index in [1.165, 1.54) is 0 Å². The molecule has 0 aliphatic heterocycles. The molecule has 0 saturated heterocycles. The molecule has 0 N–H and O–H groups in total. The third-order valence-electron chi connectivity index (χ3n) is 1.55. The Kier molecular flexibility index (Phi) is 3.29. The van der Waals surface area contributed by atoms with Crippen LogP contribution in [0.2, 0.25) is 0 Å². The maximum atomic E-state index is 11.1. The molecule has 0 amide bonds. The smallest absolute Gasteiger partial charge is 0.160 e. The third-order valence-corrected chi connectivity index (χ3v) is 4.08. The summed E-state index contributed by atoms with van der Waals surface area (Å²) in [5.74, 6) is 0.115. The number of benzene rings is 1. The van der Waals surface area contributed by atoms with Gasteiger partial charge in [-0.15, -0.1) is 0 Å². The van der Waals surface area contributed by atoms with Gasteiger partial charge in [-0.25, -0.2) is 0 Å². The lowest BCUT2D eigenvalue weighted by Gasteiger charge is -2.04. The number of aryl methyl sites for hydroxylation is 1. The van der Waals surface area contributed by atoms with E-state index in [1.54, 1.807) is 6.92 Å². The molecule has 0 aromatic heterocycles. The van der Waals surface area contributed by atoms with Crippen LogP contribution in [-0.2, 0) is 0 Å². The van der Waals surface area contributed by atoms with E-state index < -0.39 is 0 Å². The predicted molar refractivity (Wildman–Crippen MR) is 61.6 cm³/mol. The van der Waals surface area contributed by atoms with Gasteiger partial charge in [-0.3, -0.25) is 4.79 Å². The first kappa shape index (κ1) is 10.2. The van der Waals surface area contributed by atoms with Crippen LogP contribution in [0, 0.1) is 10.5 Å². The number of ketones is 1. The first-order valence-electron chi connectivity index (χ1n) is 3.49. The highest BCUT2D eigenvalue weighted by molar-refractivity contribution is 14.1. The second-order valence-corrected chi connectivity index (χ2v) is 4.60. The fourth-order valence-electron chi connectivity index (χ4n) is 0.981. The molecule has 64 valence electrons. The largest absolute Gasteiger partial charge is 0.294 e.